The number of rotatable bonds is 2. The standard InChI is InChI=1S/C14H21N3/c1-2-4-11(5-3-1)13-9-16-14(17-10-13)12-6-7-15-8-12/h9-12,15H,1-8H2. The van der Waals surface area contributed by atoms with Crippen molar-refractivity contribution in [3.8, 4) is 0 Å². The van der Waals surface area contributed by atoms with Gasteiger partial charge in [0.15, 0.2) is 0 Å². The molecule has 2 aliphatic rings. The molecule has 92 valence electrons. The molecule has 1 aromatic rings. The Morgan fingerprint density at radius 1 is 0.941 bits per heavy atom. The van der Waals surface area contributed by atoms with E-state index < -0.39 is 0 Å². The van der Waals surface area contributed by atoms with Crippen LogP contribution in [0.3, 0.4) is 0 Å². The van der Waals surface area contributed by atoms with E-state index in [1.807, 2.05) is 0 Å². The zero-order valence-corrected chi connectivity index (χ0v) is 10.4. The monoisotopic (exact) mass is 231 g/mol. The summed E-state index contributed by atoms with van der Waals surface area (Å²) in [5, 5.41) is 3.37. The average molecular weight is 231 g/mol. The van der Waals surface area contributed by atoms with Gasteiger partial charge in [-0.25, -0.2) is 9.97 Å². The van der Waals surface area contributed by atoms with Gasteiger partial charge >= 0.3 is 0 Å². The number of nitrogens with zero attached hydrogens (tertiary/aromatic N) is 2. The van der Waals surface area contributed by atoms with Gasteiger partial charge < -0.3 is 5.32 Å². The molecule has 1 unspecified atom stereocenters. The molecule has 0 radical (unpaired) electrons. The van der Waals surface area contributed by atoms with E-state index in [1.165, 1.54) is 44.1 Å². The number of aromatic nitrogens is 2. The largest absolute Gasteiger partial charge is 0.316 e. The van der Waals surface area contributed by atoms with Gasteiger partial charge in [-0.1, -0.05) is 19.3 Å². The molecule has 1 aliphatic carbocycles. The van der Waals surface area contributed by atoms with Crippen LogP contribution in [-0.4, -0.2) is 23.1 Å². The lowest BCUT2D eigenvalue weighted by Crippen LogP contribution is -2.11. The fourth-order valence-electron chi connectivity index (χ4n) is 3.08. The Kier molecular flexibility index (Phi) is 3.36. The van der Waals surface area contributed by atoms with Crippen LogP contribution >= 0.6 is 0 Å². The highest BCUT2D eigenvalue weighted by Crippen LogP contribution is 2.32. The maximum absolute atomic E-state index is 4.58. The van der Waals surface area contributed by atoms with Gasteiger partial charge in [0.1, 0.15) is 5.82 Å². The van der Waals surface area contributed by atoms with Gasteiger partial charge in [-0.3, -0.25) is 0 Å². The van der Waals surface area contributed by atoms with E-state index in [9.17, 15) is 0 Å². The van der Waals surface area contributed by atoms with E-state index >= 15 is 0 Å². The quantitative estimate of drug-likeness (QED) is 0.850. The molecule has 2 heterocycles. The first-order chi connectivity index (χ1) is 8.43. The molecule has 0 aromatic carbocycles. The van der Waals surface area contributed by atoms with Crippen molar-refractivity contribution in [1.29, 1.82) is 0 Å². The molecule has 1 saturated carbocycles. The molecular weight excluding hydrogens is 210 g/mol. The fourth-order valence-corrected chi connectivity index (χ4v) is 3.08. The predicted molar refractivity (Wildman–Crippen MR) is 68.1 cm³/mol. The maximum Gasteiger partial charge on any atom is 0.132 e. The van der Waals surface area contributed by atoms with Gasteiger partial charge in [-0.15, -0.1) is 0 Å². The maximum atomic E-state index is 4.58. The Morgan fingerprint density at radius 2 is 1.71 bits per heavy atom. The van der Waals surface area contributed by atoms with Crippen LogP contribution in [0.15, 0.2) is 12.4 Å². The summed E-state index contributed by atoms with van der Waals surface area (Å²) in [6.45, 7) is 2.15. The minimum Gasteiger partial charge on any atom is -0.316 e. The van der Waals surface area contributed by atoms with Crippen molar-refractivity contribution in [2.75, 3.05) is 13.1 Å². The summed E-state index contributed by atoms with van der Waals surface area (Å²) in [6, 6.07) is 0. The van der Waals surface area contributed by atoms with Crippen molar-refractivity contribution in [3.05, 3.63) is 23.8 Å². The van der Waals surface area contributed by atoms with E-state index in [0.717, 1.165) is 24.8 Å². The number of nitrogens with one attached hydrogen (secondary N) is 1. The Bertz CT molecular complexity index is 348. The molecule has 0 bridgehead atoms. The number of hydrogen-bond donors (Lipinski definition) is 1. The van der Waals surface area contributed by atoms with Gasteiger partial charge in [-0.2, -0.15) is 0 Å². The molecular formula is C14H21N3. The minimum atomic E-state index is 0.537. The van der Waals surface area contributed by atoms with Gasteiger partial charge in [0.05, 0.1) is 0 Å². The molecule has 1 N–H and O–H groups in total. The van der Waals surface area contributed by atoms with Crippen LogP contribution in [0.1, 0.15) is 61.7 Å². The summed E-state index contributed by atoms with van der Waals surface area (Å²) >= 11 is 0. The molecule has 1 aliphatic heterocycles. The highest BCUT2D eigenvalue weighted by Gasteiger charge is 2.20. The van der Waals surface area contributed by atoms with E-state index in [4.69, 9.17) is 0 Å². The molecule has 3 nitrogen and oxygen atoms in total. The van der Waals surface area contributed by atoms with Crippen LogP contribution < -0.4 is 5.32 Å². The molecule has 0 spiro atoms. The lowest BCUT2D eigenvalue weighted by molar-refractivity contribution is 0.441. The molecule has 17 heavy (non-hydrogen) atoms. The average Bonchev–Trinajstić information content (AvgIpc) is 2.94. The van der Waals surface area contributed by atoms with E-state index in [0.29, 0.717) is 5.92 Å². The summed E-state index contributed by atoms with van der Waals surface area (Å²) < 4.78 is 0. The van der Waals surface area contributed by atoms with Crippen LogP contribution in [0.4, 0.5) is 0 Å². The third kappa shape index (κ3) is 2.49. The van der Waals surface area contributed by atoms with Crippen LogP contribution in [0, 0.1) is 0 Å². The summed E-state index contributed by atoms with van der Waals surface area (Å²) in [6.07, 6.45) is 12.2. The first kappa shape index (κ1) is 11.1. The Balaban J connectivity index is 1.70. The summed E-state index contributed by atoms with van der Waals surface area (Å²) in [7, 11) is 0. The van der Waals surface area contributed by atoms with Gasteiger partial charge in [0.25, 0.3) is 0 Å². The van der Waals surface area contributed by atoms with Crippen molar-refractivity contribution in [2.45, 2.75) is 50.4 Å². The van der Waals surface area contributed by atoms with Gasteiger partial charge in [0.2, 0.25) is 0 Å². The first-order valence-electron chi connectivity index (χ1n) is 6.96. The fraction of sp³-hybridized carbons (Fsp3) is 0.714. The van der Waals surface area contributed by atoms with Crippen molar-refractivity contribution in [3.63, 3.8) is 0 Å². The van der Waals surface area contributed by atoms with Gasteiger partial charge in [0, 0.05) is 24.9 Å². The lowest BCUT2D eigenvalue weighted by Gasteiger charge is -2.21. The third-order valence-corrected chi connectivity index (χ3v) is 4.19. The Hall–Kier alpha value is -0.960. The van der Waals surface area contributed by atoms with Crippen molar-refractivity contribution in [2.24, 2.45) is 0 Å². The smallest absolute Gasteiger partial charge is 0.132 e. The molecule has 3 heteroatoms. The van der Waals surface area contributed by atoms with E-state index in [1.54, 1.807) is 0 Å². The molecule has 0 amide bonds. The topological polar surface area (TPSA) is 37.8 Å². The van der Waals surface area contributed by atoms with Crippen LogP contribution in [0.5, 0.6) is 0 Å². The Labute approximate surface area is 103 Å². The summed E-state index contributed by atoms with van der Waals surface area (Å²) in [4.78, 5) is 9.17. The first-order valence-corrected chi connectivity index (χ1v) is 6.96. The van der Waals surface area contributed by atoms with Crippen LogP contribution in [0.25, 0.3) is 0 Å². The molecule has 3 rings (SSSR count). The highest BCUT2D eigenvalue weighted by molar-refractivity contribution is 5.14. The summed E-state index contributed by atoms with van der Waals surface area (Å²) in [5.41, 5.74) is 1.36. The normalized spacial score (nSPS) is 26.2. The SMILES string of the molecule is c1nc(C2CCNC2)ncc1C1CCCCC1. The van der Waals surface area contributed by atoms with E-state index in [2.05, 4.69) is 27.7 Å². The second-order valence-electron chi connectivity index (χ2n) is 5.40. The third-order valence-electron chi connectivity index (χ3n) is 4.19. The highest BCUT2D eigenvalue weighted by atomic mass is 14.9. The molecule has 2 fully saturated rings. The lowest BCUT2D eigenvalue weighted by atomic mass is 9.85. The molecule has 1 aromatic heterocycles. The summed E-state index contributed by atoms with van der Waals surface area (Å²) in [5.74, 6) is 2.30. The van der Waals surface area contributed by atoms with Crippen LogP contribution in [-0.2, 0) is 0 Å². The van der Waals surface area contributed by atoms with Crippen LogP contribution in [0.2, 0.25) is 0 Å². The second kappa shape index (κ2) is 5.13. The number of hydrogen-bond acceptors (Lipinski definition) is 3. The minimum absolute atomic E-state index is 0.537. The zero-order chi connectivity index (χ0) is 11.5. The van der Waals surface area contributed by atoms with Crippen molar-refractivity contribution < 1.29 is 0 Å². The van der Waals surface area contributed by atoms with Crippen molar-refractivity contribution >= 4 is 0 Å². The zero-order valence-electron chi connectivity index (χ0n) is 10.4. The predicted octanol–water partition coefficient (Wildman–Crippen LogP) is 2.60. The molecule has 1 atom stereocenters. The van der Waals surface area contributed by atoms with E-state index in [-0.39, 0.29) is 0 Å². The molecule has 1 saturated heterocycles. The van der Waals surface area contributed by atoms with Gasteiger partial charge in [-0.05, 0) is 37.3 Å². The van der Waals surface area contributed by atoms with Crippen molar-refractivity contribution in [1.82, 2.24) is 15.3 Å². The second-order valence-corrected chi connectivity index (χ2v) is 5.40. The Morgan fingerprint density at radius 3 is 2.35 bits per heavy atom.